The van der Waals surface area contributed by atoms with Gasteiger partial charge in [-0.2, -0.15) is 0 Å². The molecule has 3 amide bonds. The lowest BCUT2D eigenvalue weighted by atomic mass is 9.63. The Hall–Kier alpha value is -1.65. The molecule has 1 N–H and O–H groups in total. The molecular formula is C20H28N2O3. The first-order valence-electron chi connectivity index (χ1n) is 9.97. The highest BCUT2D eigenvalue weighted by molar-refractivity contribution is 6.09. The first-order chi connectivity index (χ1) is 12.1. The number of nitrogens with zero attached hydrogens (tertiary/aromatic N) is 1. The first-order valence-corrected chi connectivity index (χ1v) is 9.97. The van der Waals surface area contributed by atoms with E-state index >= 15 is 0 Å². The number of carbonyl (C=O) groups excluding carboxylic acids is 3. The molecule has 2 bridgehead atoms. The fourth-order valence-corrected chi connectivity index (χ4v) is 5.43. The summed E-state index contributed by atoms with van der Waals surface area (Å²) >= 11 is 0. The van der Waals surface area contributed by atoms with Crippen molar-refractivity contribution in [3.05, 3.63) is 12.2 Å². The lowest BCUT2D eigenvalue weighted by molar-refractivity contribution is -0.148. The Kier molecular flexibility index (Phi) is 4.42. The monoisotopic (exact) mass is 344 g/mol. The van der Waals surface area contributed by atoms with E-state index in [2.05, 4.69) is 17.5 Å². The van der Waals surface area contributed by atoms with Gasteiger partial charge in [-0.05, 0) is 43.9 Å². The molecule has 5 nitrogen and oxygen atoms in total. The molecule has 1 saturated heterocycles. The summed E-state index contributed by atoms with van der Waals surface area (Å²) in [6, 6.07) is -0.449. The van der Waals surface area contributed by atoms with Crippen LogP contribution in [0.2, 0.25) is 0 Å². The van der Waals surface area contributed by atoms with E-state index in [1.165, 1.54) is 11.3 Å². The Balaban J connectivity index is 1.52. The molecule has 0 aromatic carbocycles. The average Bonchev–Trinajstić information content (AvgIpc) is 2.92. The van der Waals surface area contributed by atoms with Crippen molar-refractivity contribution < 1.29 is 14.4 Å². The van der Waals surface area contributed by atoms with Crippen molar-refractivity contribution in [2.45, 2.75) is 70.4 Å². The smallest absolute Gasteiger partial charge is 0.243 e. The van der Waals surface area contributed by atoms with Gasteiger partial charge in [0.15, 0.2) is 0 Å². The lowest BCUT2D eigenvalue weighted by Crippen LogP contribution is -2.52. The van der Waals surface area contributed by atoms with Crippen LogP contribution in [0.25, 0.3) is 0 Å². The molecule has 5 atom stereocenters. The van der Waals surface area contributed by atoms with Gasteiger partial charge in [0.1, 0.15) is 6.04 Å². The maximum atomic E-state index is 13.0. The van der Waals surface area contributed by atoms with Gasteiger partial charge in [-0.3, -0.25) is 19.3 Å². The number of carbonyl (C=O) groups is 3. The van der Waals surface area contributed by atoms with Crippen molar-refractivity contribution in [1.29, 1.82) is 0 Å². The Morgan fingerprint density at radius 1 is 1.04 bits per heavy atom. The summed E-state index contributed by atoms with van der Waals surface area (Å²) in [7, 11) is 0. The minimum absolute atomic E-state index is 0.111. The Morgan fingerprint density at radius 3 is 2.08 bits per heavy atom. The molecule has 25 heavy (non-hydrogen) atoms. The van der Waals surface area contributed by atoms with Crippen LogP contribution >= 0.6 is 0 Å². The summed E-state index contributed by atoms with van der Waals surface area (Å²) < 4.78 is 0. The van der Waals surface area contributed by atoms with E-state index < -0.39 is 6.04 Å². The number of hydrogen-bond acceptors (Lipinski definition) is 3. The third kappa shape index (κ3) is 2.72. The van der Waals surface area contributed by atoms with E-state index in [0.29, 0.717) is 6.42 Å². The van der Waals surface area contributed by atoms with Crippen LogP contribution in [0.15, 0.2) is 12.2 Å². The number of allylic oxidation sites excluding steroid dienone is 2. The second-order valence-corrected chi connectivity index (χ2v) is 8.16. The summed E-state index contributed by atoms with van der Waals surface area (Å²) in [5, 5.41) is 3.11. The zero-order valence-electron chi connectivity index (χ0n) is 14.9. The summed E-state index contributed by atoms with van der Waals surface area (Å²) in [5.41, 5.74) is 0. The van der Waals surface area contributed by atoms with Gasteiger partial charge >= 0.3 is 0 Å². The number of hydrogen-bond donors (Lipinski definition) is 1. The van der Waals surface area contributed by atoms with Crippen molar-refractivity contribution in [3.63, 3.8) is 0 Å². The molecule has 0 aromatic heterocycles. The summed E-state index contributed by atoms with van der Waals surface area (Å²) in [6.45, 7) is 1.89. The fourth-order valence-electron chi connectivity index (χ4n) is 5.43. The number of nitrogens with one attached hydrogen (secondary N) is 1. The van der Waals surface area contributed by atoms with Gasteiger partial charge < -0.3 is 5.32 Å². The molecule has 136 valence electrons. The van der Waals surface area contributed by atoms with Gasteiger partial charge in [0, 0.05) is 6.04 Å². The fraction of sp³-hybridized carbons (Fsp3) is 0.750. The number of imide groups is 1. The molecule has 4 aliphatic carbocycles. The molecule has 2 saturated carbocycles. The van der Waals surface area contributed by atoms with Gasteiger partial charge in [0.05, 0.1) is 11.8 Å². The lowest BCUT2D eigenvalue weighted by Gasteiger charge is -2.38. The first kappa shape index (κ1) is 16.8. The molecule has 1 heterocycles. The molecule has 0 spiro atoms. The van der Waals surface area contributed by atoms with E-state index in [-0.39, 0.29) is 47.4 Å². The zero-order chi connectivity index (χ0) is 17.6. The Labute approximate surface area is 149 Å². The van der Waals surface area contributed by atoms with E-state index in [1.54, 1.807) is 0 Å². The number of likely N-dealkylation sites (tertiary alicyclic amines) is 1. The van der Waals surface area contributed by atoms with E-state index in [9.17, 15) is 14.4 Å². The van der Waals surface area contributed by atoms with Crippen LogP contribution < -0.4 is 5.32 Å². The molecule has 0 unspecified atom stereocenters. The second kappa shape index (κ2) is 6.58. The van der Waals surface area contributed by atoms with Crippen LogP contribution in [-0.4, -0.2) is 34.7 Å². The van der Waals surface area contributed by atoms with Crippen LogP contribution in [0.3, 0.4) is 0 Å². The number of rotatable bonds is 4. The van der Waals surface area contributed by atoms with Gasteiger partial charge in [-0.1, -0.05) is 38.3 Å². The standard InChI is InChI=1S/C20H28N2O3/c1-2-15(18(23)21-14-6-4-3-5-7-14)22-19(24)16-12-8-9-13(11-10-12)17(16)20(22)25/h8-9,12-17H,2-7,10-11H2,1H3,(H,21,23)/t12-,13-,15+,16-,17-/m0/s1. The highest BCUT2D eigenvalue weighted by atomic mass is 16.2. The maximum absolute atomic E-state index is 13.0. The third-order valence-corrected chi connectivity index (χ3v) is 6.75. The van der Waals surface area contributed by atoms with Crippen molar-refractivity contribution in [2.24, 2.45) is 23.7 Å². The molecule has 1 aliphatic heterocycles. The SMILES string of the molecule is CC[C@H](C(=O)NC1CCCCC1)N1C(=O)[C@@H]2[C@@H](C1=O)[C@H]1C=C[C@H]2CC1. The van der Waals surface area contributed by atoms with Gasteiger partial charge in [-0.25, -0.2) is 0 Å². The zero-order valence-corrected chi connectivity index (χ0v) is 14.9. The largest absolute Gasteiger partial charge is 0.352 e. The van der Waals surface area contributed by atoms with Crippen LogP contribution in [0.5, 0.6) is 0 Å². The summed E-state index contributed by atoms with van der Waals surface area (Å²) in [5.74, 6) is -0.472. The molecule has 5 rings (SSSR count). The average molecular weight is 344 g/mol. The predicted molar refractivity (Wildman–Crippen MR) is 93.3 cm³/mol. The normalized spacial score (nSPS) is 35.8. The highest BCUT2D eigenvalue weighted by Gasteiger charge is 2.58. The quantitative estimate of drug-likeness (QED) is 0.629. The molecule has 0 aromatic rings. The van der Waals surface area contributed by atoms with Crippen molar-refractivity contribution >= 4 is 17.7 Å². The van der Waals surface area contributed by atoms with Gasteiger partial charge in [-0.15, -0.1) is 0 Å². The predicted octanol–water partition coefficient (Wildman–Crippen LogP) is 2.41. The van der Waals surface area contributed by atoms with Gasteiger partial charge in [0.25, 0.3) is 0 Å². The van der Waals surface area contributed by atoms with Crippen molar-refractivity contribution in [1.82, 2.24) is 10.2 Å². The summed E-state index contributed by atoms with van der Waals surface area (Å²) in [6.07, 6.45) is 12.2. The van der Waals surface area contributed by atoms with Crippen molar-refractivity contribution in [2.75, 3.05) is 0 Å². The van der Waals surface area contributed by atoms with E-state index in [4.69, 9.17) is 0 Å². The van der Waals surface area contributed by atoms with E-state index in [1.807, 2.05) is 6.92 Å². The minimum Gasteiger partial charge on any atom is -0.352 e. The van der Waals surface area contributed by atoms with Crippen LogP contribution in [0.1, 0.15) is 58.3 Å². The highest BCUT2D eigenvalue weighted by Crippen LogP contribution is 2.50. The molecule has 0 radical (unpaired) electrons. The van der Waals surface area contributed by atoms with Crippen LogP contribution in [0, 0.1) is 23.7 Å². The molecule has 5 heteroatoms. The topological polar surface area (TPSA) is 66.5 Å². The van der Waals surface area contributed by atoms with Crippen LogP contribution in [-0.2, 0) is 14.4 Å². The number of amides is 3. The van der Waals surface area contributed by atoms with Gasteiger partial charge in [0.2, 0.25) is 17.7 Å². The summed E-state index contributed by atoms with van der Waals surface area (Å²) in [4.78, 5) is 40.2. The maximum Gasteiger partial charge on any atom is 0.243 e. The van der Waals surface area contributed by atoms with Crippen LogP contribution in [0.4, 0.5) is 0 Å². The van der Waals surface area contributed by atoms with E-state index in [0.717, 1.165) is 38.5 Å². The third-order valence-electron chi connectivity index (χ3n) is 6.75. The van der Waals surface area contributed by atoms with Crippen molar-refractivity contribution in [3.8, 4) is 0 Å². The molecular weight excluding hydrogens is 316 g/mol. The Morgan fingerprint density at radius 2 is 1.60 bits per heavy atom. The molecule has 5 aliphatic rings. The second-order valence-electron chi connectivity index (χ2n) is 8.16. The Bertz CT molecular complexity index is 576. The minimum atomic E-state index is -0.646. The number of fused-ring (bicyclic) bond motifs is 1. The molecule has 3 fully saturated rings.